The minimum atomic E-state index is -0.209. The number of pyridine rings is 1. The molecule has 5 nitrogen and oxygen atoms in total. The van der Waals surface area contributed by atoms with Gasteiger partial charge in [-0.25, -0.2) is 9.97 Å². The first-order valence-corrected chi connectivity index (χ1v) is 7.23. The third-order valence-electron chi connectivity index (χ3n) is 3.08. The van der Waals surface area contributed by atoms with E-state index in [0.717, 1.165) is 22.6 Å². The lowest BCUT2D eigenvalue weighted by molar-refractivity contribution is -0.143. The molecule has 0 amide bonds. The maximum absolute atomic E-state index is 11.5. The minimum Gasteiger partial charge on any atom is -0.466 e. The number of ether oxygens (including phenoxy) is 1. The second-order valence-corrected chi connectivity index (χ2v) is 4.85. The second kappa shape index (κ2) is 6.70. The van der Waals surface area contributed by atoms with Crippen molar-refractivity contribution in [2.45, 2.75) is 33.2 Å². The molecule has 0 aliphatic heterocycles. The molecular weight excluding hydrogens is 278 g/mol. The van der Waals surface area contributed by atoms with Crippen LogP contribution in [0.3, 0.4) is 0 Å². The number of halogens is 1. The zero-order valence-corrected chi connectivity index (χ0v) is 12.5. The van der Waals surface area contributed by atoms with E-state index in [4.69, 9.17) is 16.3 Å². The fourth-order valence-corrected chi connectivity index (χ4v) is 2.30. The van der Waals surface area contributed by atoms with Gasteiger partial charge in [0.2, 0.25) is 0 Å². The van der Waals surface area contributed by atoms with E-state index in [-0.39, 0.29) is 5.97 Å². The fraction of sp³-hybridized carbons (Fsp3) is 0.500. The van der Waals surface area contributed by atoms with Crippen molar-refractivity contribution in [1.82, 2.24) is 14.5 Å². The molecule has 0 aliphatic rings. The second-order valence-electron chi connectivity index (χ2n) is 4.47. The Hall–Kier alpha value is -1.62. The highest BCUT2D eigenvalue weighted by molar-refractivity contribution is 6.17. The van der Waals surface area contributed by atoms with Gasteiger partial charge >= 0.3 is 5.97 Å². The topological polar surface area (TPSA) is 57.0 Å². The first-order valence-electron chi connectivity index (χ1n) is 6.69. The number of esters is 1. The highest BCUT2D eigenvalue weighted by atomic mass is 35.5. The molecule has 0 radical (unpaired) electrons. The number of aryl methyl sites for hydroxylation is 3. The summed E-state index contributed by atoms with van der Waals surface area (Å²) in [5.41, 5.74) is 2.74. The van der Waals surface area contributed by atoms with Gasteiger partial charge in [0, 0.05) is 25.0 Å². The van der Waals surface area contributed by atoms with Crippen molar-refractivity contribution in [3.8, 4) is 0 Å². The molecular formula is C14H18ClN3O2. The largest absolute Gasteiger partial charge is 0.466 e. The van der Waals surface area contributed by atoms with Crippen LogP contribution >= 0.6 is 11.6 Å². The summed E-state index contributed by atoms with van der Waals surface area (Å²) in [5, 5.41) is 0. The summed E-state index contributed by atoms with van der Waals surface area (Å²) in [6, 6.07) is 1.93. The lowest BCUT2D eigenvalue weighted by Crippen LogP contribution is -2.11. The van der Waals surface area contributed by atoms with Crippen LogP contribution in [0, 0.1) is 6.92 Å². The molecule has 0 fully saturated rings. The Morgan fingerprint density at radius 2 is 2.30 bits per heavy atom. The summed E-state index contributed by atoms with van der Waals surface area (Å²) >= 11 is 5.82. The van der Waals surface area contributed by atoms with Crippen LogP contribution in [0.25, 0.3) is 11.2 Å². The highest BCUT2D eigenvalue weighted by Crippen LogP contribution is 2.18. The molecule has 6 heteroatoms. The summed E-state index contributed by atoms with van der Waals surface area (Å²) in [7, 11) is 0. The Morgan fingerprint density at radius 1 is 1.50 bits per heavy atom. The maximum atomic E-state index is 11.5. The molecule has 0 aromatic carbocycles. The normalized spacial score (nSPS) is 10.9. The number of carbonyl (C=O) groups is 1. The Kier molecular flexibility index (Phi) is 4.95. The average Bonchev–Trinajstić information content (AvgIpc) is 2.77. The Morgan fingerprint density at radius 3 is 3.00 bits per heavy atom. The van der Waals surface area contributed by atoms with E-state index in [0.29, 0.717) is 31.9 Å². The van der Waals surface area contributed by atoms with E-state index in [2.05, 4.69) is 9.97 Å². The van der Waals surface area contributed by atoms with Gasteiger partial charge in [0.05, 0.1) is 13.0 Å². The van der Waals surface area contributed by atoms with Crippen LogP contribution in [0.1, 0.15) is 24.7 Å². The van der Waals surface area contributed by atoms with E-state index in [1.165, 1.54) is 0 Å². The van der Waals surface area contributed by atoms with Gasteiger partial charge in [-0.2, -0.15) is 0 Å². The van der Waals surface area contributed by atoms with E-state index in [9.17, 15) is 4.79 Å². The van der Waals surface area contributed by atoms with Gasteiger partial charge in [-0.05, 0) is 25.5 Å². The molecule has 108 valence electrons. The van der Waals surface area contributed by atoms with Crippen molar-refractivity contribution in [3.63, 3.8) is 0 Å². The van der Waals surface area contributed by atoms with Gasteiger partial charge in [-0.1, -0.05) is 0 Å². The van der Waals surface area contributed by atoms with Gasteiger partial charge in [-0.3, -0.25) is 4.79 Å². The van der Waals surface area contributed by atoms with Gasteiger partial charge in [0.1, 0.15) is 11.3 Å². The fourth-order valence-electron chi connectivity index (χ4n) is 2.13. The molecule has 20 heavy (non-hydrogen) atoms. The molecule has 0 N–H and O–H groups in total. The van der Waals surface area contributed by atoms with E-state index in [1.807, 2.05) is 17.6 Å². The number of nitrogens with zero attached hydrogens (tertiary/aromatic N) is 3. The van der Waals surface area contributed by atoms with Crippen LogP contribution < -0.4 is 0 Å². The SMILES string of the molecule is CCOC(=O)CCn1c(CCCl)nc2c(C)ccnc21. The smallest absolute Gasteiger partial charge is 0.307 e. The average molecular weight is 296 g/mol. The summed E-state index contributed by atoms with van der Waals surface area (Å²) in [5.74, 6) is 1.14. The van der Waals surface area contributed by atoms with Crippen LogP contribution in [-0.4, -0.2) is 33.0 Å². The molecule has 0 spiro atoms. The molecule has 0 saturated carbocycles. The van der Waals surface area contributed by atoms with Crippen molar-refractivity contribution < 1.29 is 9.53 Å². The molecule has 2 aromatic rings. The first kappa shape index (κ1) is 14.8. The maximum Gasteiger partial charge on any atom is 0.307 e. The van der Waals surface area contributed by atoms with Crippen molar-refractivity contribution in [1.29, 1.82) is 0 Å². The van der Waals surface area contributed by atoms with E-state index in [1.54, 1.807) is 13.1 Å². The zero-order chi connectivity index (χ0) is 14.5. The Labute approximate surface area is 122 Å². The van der Waals surface area contributed by atoms with Gasteiger partial charge in [-0.15, -0.1) is 11.6 Å². The number of rotatable bonds is 6. The number of alkyl halides is 1. The number of imidazole rings is 1. The van der Waals surface area contributed by atoms with Crippen LogP contribution in [0.5, 0.6) is 0 Å². The third-order valence-corrected chi connectivity index (χ3v) is 3.27. The molecule has 0 aliphatic carbocycles. The number of carbonyl (C=O) groups excluding carboxylic acids is 1. The minimum absolute atomic E-state index is 0.209. The van der Waals surface area contributed by atoms with E-state index < -0.39 is 0 Å². The molecule has 0 unspecified atom stereocenters. The van der Waals surface area contributed by atoms with Crippen LogP contribution in [0.4, 0.5) is 0 Å². The molecule has 0 bridgehead atoms. The number of fused-ring (bicyclic) bond motifs is 1. The first-order chi connectivity index (χ1) is 9.67. The number of aromatic nitrogens is 3. The summed E-state index contributed by atoms with van der Waals surface area (Å²) < 4.78 is 6.92. The Bertz CT molecular complexity index is 610. The monoisotopic (exact) mass is 295 g/mol. The Balaban J connectivity index is 2.31. The number of hydrogen-bond donors (Lipinski definition) is 0. The van der Waals surface area contributed by atoms with Crippen molar-refractivity contribution in [2.24, 2.45) is 0 Å². The van der Waals surface area contributed by atoms with Crippen LogP contribution in [-0.2, 0) is 22.5 Å². The summed E-state index contributed by atoms with van der Waals surface area (Å²) in [6.07, 6.45) is 2.72. The van der Waals surface area contributed by atoms with Crippen molar-refractivity contribution >= 4 is 28.7 Å². The molecule has 2 aromatic heterocycles. The predicted molar refractivity (Wildman–Crippen MR) is 77.9 cm³/mol. The lowest BCUT2D eigenvalue weighted by Gasteiger charge is -2.07. The van der Waals surface area contributed by atoms with Crippen molar-refractivity contribution in [3.05, 3.63) is 23.7 Å². The zero-order valence-electron chi connectivity index (χ0n) is 11.7. The van der Waals surface area contributed by atoms with Gasteiger partial charge in [0.15, 0.2) is 5.65 Å². The quantitative estimate of drug-likeness (QED) is 0.607. The third kappa shape index (κ3) is 3.10. The molecule has 2 heterocycles. The van der Waals surface area contributed by atoms with Gasteiger partial charge in [0.25, 0.3) is 0 Å². The van der Waals surface area contributed by atoms with Gasteiger partial charge < -0.3 is 9.30 Å². The standard InChI is InChI=1S/C14H18ClN3O2/c1-3-20-12(19)6-9-18-11(4-7-15)17-13-10(2)5-8-16-14(13)18/h5,8H,3-4,6-7,9H2,1-2H3. The lowest BCUT2D eigenvalue weighted by atomic mass is 10.3. The van der Waals surface area contributed by atoms with E-state index >= 15 is 0 Å². The van der Waals surface area contributed by atoms with Crippen molar-refractivity contribution in [2.75, 3.05) is 12.5 Å². The highest BCUT2D eigenvalue weighted by Gasteiger charge is 2.14. The summed E-state index contributed by atoms with van der Waals surface area (Å²) in [4.78, 5) is 20.5. The molecule has 0 atom stereocenters. The summed E-state index contributed by atoms with van der Waals surface area (Å²) in [6.45, 7) is 4.71. The molecule has 2 rings (SSSR count). The molecule has 0 saturated heterocycles. The number of hydrogen-bond acceptors (Lipinski definition) is 4. The van der Waals surface area contributed by atoms with Crippen LogP contribution in [0.2, 0.25) is 0 Å². The predicted octanol–water partition coefficient (Wildman–Crippen LogP) is 2.47. The van der Waals surface area contributed by atoms with Crippen LogP contribution in [0.15, 0.2) is 12.3 Å².